The van der Waals surface area contributed by atoms with Crippen LogP contribution in [0.15, 0.2) is 0 Å². The summed E-state index contributed by atoms with van der Waals surface area (Å²) in [5, 5.41) is 3.36. The Kier molecular flexibility index (Phi) is 3.23. The normalized spacial score (nSPS) is 34.6. The molecule has 3 nitrogen and oxygen atoms in total. The molecule has 2 atom stereocenters. The minimum absolute atomic E-state index is 0.0139. The zero-order chi connectivity index (χ0) is 11.8. The van der Waals surface area contributed by atoms with Crippen molar-refractivity contribution in [1.82, 2.24) is 5.32 Å². The Morgan fingerprint density at radius 3 is 2.81 bits per heavy atom. The van der Waals surface area contributed by atoms with Crippen LogP contribution in [0.4, 0.5) is 0 Å². The van der Waals surface area contributed by atoms with Crippen LogP contribution < -0.4 is 5.32 Å². The number of ether oxygens (including phenoxy) is 1. The second kappa shape index (κ2) is 4.22. The molecule has 0 aliphatic carbocycles. The van der Waals surface area contributed by atoms with Gasteiger partial charge in [0.1, 0.15) is 5.60 Å². The highest BCUT2D eigenvalue weighted by molar-refractivity contribution is 7.99. The van der Waals surface area contributed by atoms with Crippen molar-refractivity contribution in [2.45, 2.75) is 32.8 Å². The number of carbonyl (C=O) groups is 1. The van der Waals surface area contributed by atoms with Crippen LogP contribution in [0.5, 0.6) is 0 Å². The molecule has 0 bridgehead atoms. The third-order valence-corrected chi connectivity index (χ3v) is 4.66. The third-order valence-electron chi connectivity index (χ3n) is 3.39. The molecule has 4 heteroatoms. The Balaban J connectivity index is 2.05. The van der Waals surface area contributed by atoms with Crippen molar-refractivity contribution in [2.24, 2.45) is 11.3 Å². The van der Waals surface area contributed by atoms with Gasteiger partial charge in [0, 0.05) is 24.3 Å². The fourth-order valence-corrected chi connectivity index (χ4v) is 4.10. The molecule has 2 aliphatic rings. The Bertz CT molecular complexity index is 274. The molecule has 1 spiro atoms. The molecule has 2 fully saturated rings. The van der Waals surface area contributed by atoms with E-state index < -0.39 is 0 Å². The van der Waals surface area contributed by atoms with Crippen molar-refractivity contribution in [3.05, 3.63) is 0 Å². The lowest BCUT2D eigenvalue weighted by Gasteiger charge is -2.30. The van der Waals surface area contributed by atoms with Gasteiger partial charge < -0.3 is 10.1 Å². The molecular weight excluding hydrogens is 222 g/mol. The van der Waals surface area contributed by atoms with Crippen LogP contribution in [0.2, 0.25) is 0 Å². The van der Waals surface area contributed by atoms with Crippen molar-refractivity contribution >= 4 is 17.7 Å². The molecule has 2 unspecified atom stereocenters. The maximum Gasteiger partial charge on any atom is 0.311 e. The zero-order valence-corrected chi connectivity index (χ0v) is 11.2. The van der Waals surface area contributed by atoms with Gasteiger partial charge >= 0.3 is 5.97 Å². The van der Waals surface area contributed by atoms with E-state index in [4.69, 9.17) is 4.74 Å². The summed E-state index contributed by atoms with van der Waals surface area (Å²) in [7, 11) is 0. The van der Waals surface area contributed by atoms with Gasteiger partial charge in [-0.2, -0.15) is 11.8 Å². The van der Waals surface area contributed by atoms with Crippen LogP contribution >= 0.6 is 11.8 Å². The topological polar surface area (TPSA) is 38.3 Å². The lowest BCUT2D eigenvalue weighted by Crippen LogP contribution is -2.39. The van der Waals surface area contributed by atoms with E-state index in [1.165, 1.54) is 5.75 Å². The predicted octanol–water partition coefficient (Wildman–Crippen LogP) is 1.67. The fraction of sp³-hybridized carbons (Fsp3) is 0.917. The molecule has 1 N–H and O–H groups in total. The maximum atomic E-state index is 12.2. The van der Waals surface area contributed by atoms with Gasteiger partial charge in [-0.05, 0) is 32.9 Å². The SMILES string of the molecule is CC(C)(C)OC(=O)C1CNCC12CCSC2. The highest BCUT2D eigenvalue weighted by Crippen LogP contribution is 2.45. The highest BCUT2D eigenvalue weighted by Gasteiger charge is 2.49. The average Bonchev–Trinajstić information content (AvgIpc) is 2.74. The van der Waals surface area contributed by atoms with Gasteiger partial charge in [0.25, 0.3) is 0 Å². The molecule has 0 aromatic heterocycles. The maximum absolute atomic E-state index is 12.2. The molecule has 16 heavy (non-hydrogen) atoms. The Labute approximate surface area is 102 Å². The van der Waals surface area contributed by atoms with E-state index >= 15 is 0 Å². The summed E-state index contributed by atoms with van der Waals surface area (Å²) in [6.45, 7) is 7.56. The molecule has 0 radical (unpaired) electrons. The Hall–Kier alpha value is -0.220. The summed E-state index contributed by atoms with van der Waals surface area (Å²) in [6, 6.07) is 0. The van der Waals surface area contributed by atoms with Gasteiger partial charge in [-0.3, -0.25) is 4.79 Å². The van der Waals surface area contributed by atoms with Gasteiger partial charge in [0.05, 0.1) is 5.92 Å². The van der Waals surface area contributed by atoms with E-state index in [9.17, 15) is 4.79 Å². The second-order valence-corrected chi connectivity index (χ2v) is 6.99. The van der Waals surface area contributed by atoms with Crippen molar-refractivity contribution < 1.29 is 9.53 Å². The van der Waals surface area contributed by atoms with Crippen molar-refractivity contribution in [1.29, 1.82) is 0 Å². The molecule has 0 saturated carbocycles. The van der Waals surface area contributed by atoms with Gasteiger partial charge in [-0.15, -0.1) is 0 Å². The number of thioether (sulfide) groups is 1. The summed E-state index contributed by atoms with van der Waals surface area (Å²) >= 11 is 1.96. The molecule has 0 aromatic rings. The number of hydrogen-bond acceptors (Lipinski definition) is 4. The largest absolute Gasteiger partial charge is 0.460 e. The fourth-order valence-electron chi connectivity index (χ4n) is 2.55. The lowest BCUT2D eigenvalue weighted by atomic mass is 9.77. The molecular formula is C12H21NO2S. The van der Waals surface area contributed by atoms with Crippen LogP contribution in [0.1, 0.15) is 27.2 Å². The molecule has 2 aliphatic heterocycles. The van der Waals surface area contributed by atoms with Crippen molar-refractivity contribution in [2.75, 3.05) is 24.6 Å². The third kappa shape index (κ3) is 2.38. The quantitative estimate of drug-likeness (QED) is 0.711. The van der Waals surface area contributed by atoms with Crippen LogP contribution in [0, 0.1) is 11.3 Å². The second-order valence-electron chi connectivity index (χ2n) is 5.88. The summed E-state index contributed by atoms with van der Waals surface area (Å²) in [6.07, 6.45) is 1.15. The zero-order valence-electron chi connectivity index (χ0n) is 10.3. The van der Waals surface area contributed by atoms with Gasteiger partial charge in [-0.25, -0.2) is 0 Å². The van der Waals surface area contributed by atoms with Crippen LogP contribution in [0.3, 0.4) is 0 Å². The lowest BCUT2D eigenvalue weighted by molar-refractivity contribution is -0.162. The summed E-state index contributed by atoms with van der Waals surface area (Å²) in [5.74, 6) is 2.33. The summed E-state index contributed by atoms with van der Waals surface area (Å²) < 4.78 is 5.52. The molecule has 92 valence electrons. The summed E-state index contributed by atoms with van der Waals surface area (Å²) in [5.41, 5.74) is -0.195. The first-order valence-electron chi connectivity index (χ1n) is 5.94. The van der Waals surface area contributed by atoms with Crippen LogP contribution in [0.25, 0.3) is 0 Å². The van der Waals surface area contributed by atoms with E-state index in [1.54, 1.807) is 0 Å². The van der Waals surface area contributed by atoms with Crippen LogP contribution in [-0.2, 0) is 9.53 Å². The summed E-state index contributed by atoms with van der Waals surface area (Å²) in [4.78, 5) is 12.2. The number of esters is 1. The minimum Gasteiger partial charge on any atom is -0.460 e. The molecule has 0 aromatic carbocycles. The Morgan fingerprint density at radius 2 is 2.25 bits per heavy atom. The van der Waals surface area contributed by atoms with E-state index in [-0.39, 0.29) is 22.9 Å². The monoisotopic (exact) mass is 243 g/mol. The first-order chi connectivity index (χ1) is 7.43. The average molecular weight is 243 g/mol. The number of hydrogen-bond donors (Lipinski definition) is 1. The highest BCUT2D eigenvalue weighted by atomic mass is 32.2. The van der Waals surface area contributed by atoms with Gasteiger partial charge in [0.15, 0.2) is 0 Å². The first kappa shape index (κ1) is 12.2. The van der Waals surface area contributed by atoms with E-state index in [0.717, 1.165) is 25.3 Å². The van der Waals surface area contributed by atoms with E-state index in [1.807, 2.05) is 32.5 Å². The first-order valence-corrected chi connectivity index (χ1v) is 7.10. The van der Waals surface area contributed by atoms with Gasteiger partial charge in [-0.1, -0.05) is 0 Å². The standard InChI is InChI=1S/C12H21NO2S/c1-11(2,3)15-10(14)9-6-13-7-12(9)4-5-16-8-12/h9,13H,4-8H2,1-3H3. The molecule has 2 saturated heterocycles. The van der Waals surface area contributed by atoms with E-state index in [0.29, 0.717) is 0 Å². The Morgan fingerprint density at radius 1 is 1.50 bits per heavy atom. The number of rotatable bonds is 1. The number of carbonyl (C=O) groups excluding carboxylic acids is 1. The number of nitrogens with one attached hydrogen (secondary N) is 1. The molecule has 2 heterocycles. The van der Waals surface area contributed by atoms with E-state index in [2.05, 4.69) is 5.32 Å². The van der Waals surface area contributed by atoms with Crippen LogP contribution in [-0.4, -0.2) is 36.2 Å². The van der Waals surface area contributed by atoms with Crippen molar-refractivity contribution in [3.8, 4) is 0 Å². The van der Waals surface area contributed by atoms with Gasteiger partial charge in [0.2, 0.25) is 0 Å². The van der Waals surface area contributed by atoms with Crippen molar-refractivity contribution in [3.63, 3.8) is 0 Å². The smallest absolute Gasteiger partial charge is 0.311 e. The molecule has 0 amide bonds. The predicted molar refractivity (Wildman–Crippen MR) is 66.6 cm³/mol. The molecule has 2 rings (SSSR count). The minimum atomic E-state index is -0.368.